The van der Waals surface area contributed by atoms with Gasteiger partial charge >= 0.3 is 0 Å². The van der Waals surface area contributed by atoms with E-state index in [0.29, 0.717) is 22.6 Å². The van der Waals surface area contributed by atoms with Crippen molar-refractivity contribution in [1.29, 1.82) is 0 Å². The topological polar surface area (TPSA) is 94.9 Å². The zero-order chi connectivity index (χ0) is 21.5. The number of carbonyl (C=O) groups excluding carboxylic acids is 1. The van der Waals surface area contributed by atoms with E-state index in [4.69, 9.17) is 25.8 Å². The first-order chi connectivity index (χ1) is 14.5. The number of rotatable bonds is 7. The Labute approximate surface area is 176 Å². The molecular weight excluding hydrogens is 415 g/mol. The second kappa shape index (κ2) is 9.66. The Bertz CT molecular complexity index is 1090. The van der Waals surface area contributed by atoms with Crippen molar-refractivity contribution < 1.29 is 23.4 Å². The van der Waals surface area contributed by atoms with Crippen LogP contribution in [0.2, 0.25) is 5.28 Å². The van der Waals surface area contributed by atoms with Gasteiger partial charge in [0.1, 0.15) is 5.75 Å². The van der Waals surface area contributed by atoms with E-state index >= 15 is 0 Å². The van der Waals surface area contributed by atoms with Crippen molar-refractivity contribution in [3.63, 3.8) is 0 Å². The van der Waals surface area contributed by atoms with Gasteiger partial charge in [0.15, 0.2) is 11.5 Å². The van der Waals surface area contributed by atoms with Crippen LogP contribution in [0, 0.1) is 5.82 Å². The van der Waals surface area contributed by atoms with Crippen LogP contribution in [-0.2, 0) is 0 Å². The van der Waals surface area contributed by atoms with Gasteiger partial charge in [-0.25, -0.2) is 10.4 Å². The van der Waals surface area contributed by atoms with E-state index in [9.17, 15) is 9.18 Å². The maximum absolute atomic E-state index is 13.8. The molecule has 0 radical (unpaired) electrons. The van der Waals surface area contributed by atoms with Gasteiger partial charge in [-0.15, -0.1) is 0 Å². The van der Waals surface area contributed by atoms with Gasteiger partial charge in [-0.3, -0.25) is 4.79 Å². The fraction of sp³-hybridized carbons (Fsp3) is 0.100. The summed E-state index contributed by atoms with van der Waals surface area (Å²) in [4.78, 5) is 19.5. The first-order valence-electron chi connectivity index (χ1n) is 8.52. The molecule has 3 aromatic rings. The van der Waals surface area contributed by atoms with E-state index in [1.807, 2.05) is 0 Å². The highest BCUT2D eigenvalue weighted by Crippen LogP contribution is 2.32. The lowest BCUT2D eigenvalue weighted by molar-refractivity contribution is 0.0952. The van der Waals surface area contributed by atoms with Crippen molar-refractivity contribution in [1.82, 2.24) is 15.4 Å². The molecular formula is C20H16ClFN4O4. The molecule has 10 heteroatoms. The highest BCUT2D eigenvalue weighted by molar-refractivity contribution is 6.28. The zero-order valence-electron chi connectivity index (χ0n) is 15.9. The number of hydrazone groups is 1. The van der Waals surface area contributed by atoms with E-state index in [2.05, 4.69) is 20.5 Å². The third kappa shape index (κ3) is 5.00. The molecule has 0 aliphatic heterocycles. The monoisotopic (exact) mass is 430 g/mol. The summed E-state index contributed by atoms with van der Waals surface area (Å²) in [6.45, 7) is 0. The highest BCUT2D eigenvalue weighted by Gasteiger charge is 2.13. The Morgan fingerprint density at radius 3 is 2.67 bits per heavy atom. The molecule has 0 bridgehead atoms. The predicted molar refractivity (Wildman–Crippen MR) is 108 cm³/mol. The summed E-state index contributed by atoms with van der Waals surface area (Å²) in [6.07, 6.45) is 2.32. The van der Waals surface area contributed by atoms with Crippen LogP contribution in [0.1, 0.15) is 15.9 Å². The number of benzene rings is 2. The molecule has 1 heterocycles. The van der Waals surface area contributed by atoms with Crippen molar-refractivity contribution in [2.75, 3.05) is 14.2 Å². The third-order valence-electron chi connectivity index (χ3n) is 3.81. The number of carbonyl (C=O) groups is 1. The number of nitrogens with zero attached hydrogens (tertiary/aromatic N) is 3. The molecule has 8 nitrogen and oxygen atoms in total. The quantitative estimate of drug-likeness (QED) is 0.347. The van der Waals surface area contributed by atoms with Gasteiger partial charge in [0, 0.05) is 0 Å². The number of hydrogen-bond donors (Lipinski definition) is 1. The second-order valence-corrected chi connectivity index (χ2v) is 6.04. The van der Waals surface area contributed by atoms with E-state index in [0.717, 1.165) is 6.20 Å². The third-order valence-corrected chi connectivity index (χ3v) is 3.99. The molecule has 0 aliphatic rings. The van der Waals surface area contributed by atoms with Gasteiger partial charge in [0.25, 0.3) is 11.8 Å². The fourth-order valence-electron chi connectivity index (χ4n) is 2.41. The number of ether oxygens (including phenoxy) is 3. The first-order valence-corrected chi connectivity index (χ1v) is 8.90. The van der Waals surface area contributed by atoms with E-state index < -0.39 is 11.7 Å². The van der Waals surface area contributed by atoms with Crippen LogP contribution >= 0.6 is 11.6 Å². The second-order valence-electron chi connectivity index (χ2n) is 5.70. The summed E-state index contributed by atoms with van der Waals surface area (Å²) in [7, 11) is 2.91. The zero-order valence-corrected chi connectivity index (χ0v) is 16.7. The molecule has 0 fully saturated rings. The molecule has 154 valence electrons. The predicted octanol–water partition coefficient (Wildman–Crippen LogP) is 3.84. The minimum atomic E-state index is -0.772. The molecule has 0 saturated heterocycles. The number of aromatic nitrogens is 2. The van der Waals surface area contributed by atoms with Crippen molar-refractivity contribution in [2.45, 2.75) is 0 Å². The minimum absolute atomic E-state index is 0.153. The average molecular weight is 431 g/mol. The van der Waals surface area contributed by atoms with Gasteiger partial charge in [-0.1, -0.05) is 12.1 Å². The van der Waals surface area contributed by atoms with Gasteiger partial charge in [0.2, 0.25) is 11.1 Å². The van der Waals surface area contributed by atoms with Gasteiger partial charge in [0.05, 0.1) is 32.2 Å². The van der Waals surface area contributed by atoms with Crippen LogP contribution < -0.4 is 19.6 Å². The minimum Gasteiger partial charge on any atom is -0.496 e. The molecule has 1 amide bonds. The Morgan fingerprint density at radius 1 is 1.13 bits per heavy atom. The molecule has 0 saturated carbocycles. The Balaban J connectivity index is 1.73. The summed E-state index contributed by atoms with van der Waals surface area (Å²) in [5.41, 5.74) is 3.37. The summed E-state index contributed by atoms with van der Waals surface area (Å²) in [5.74, 6) is -0.590. The summed E-state index contributed by atoms with van der Waals surface area (Å²) >= 11 is 5.67. The van der Waals surface area contributed by atoms with Gasteiger partial charge in [-0.05, 0) is 47.5 Å². The largest absolute Gasteiger partial charge is 0.496 e. The van der Waals surface area contributed by atoms with Crippen LogP contribution in [0.4, 0.5) is 4.39 Å². The van der Waals surface area contributed by atoms with Crippen molar-refractivity contribution in [3.05, 3.63) is 70.9 Å². The van der Waals surface area contributed by atoms with Crippen molar-refractivity contribution in [3.8, 4) is 23.1 Å². The van der Waals surface area contributed by atoms with E-state index in [1.165, 1.54) is 26.5 Å². The Hall–Kier alpha value is -3.72. The number of para-hydroxylation sites is 1. The molecule has 0 atom stereocenters. The highest BCUT2D eigenvalue weighted by atomic mass is 35.5. The molecule has 0 aliphatic carbocycles. The van der Waals surface area contributed by atoms with Gasteiger partial charge < -0.3 is 14.2 Å². The van der Waals surface area contributed by atoms with Crippen LogP contribution in [0.3, 0.4) is 0 Å². The number of amides is 1. The maximum atomic E-state index is 13.8. The average Bonchev–Trinajstić information content (AvgIpc) is 2.76. The normalized spacial score (nSPS) is 10.7. The molecule has 2 aromatic carbocycles. The molecule has 1 N–H and O–H groups in total. The van der Waals surface area contributed by atoms with Crippen LogP contribution in [-0.4, -0.2) is 36.3 Å². The summed E-state index contributed by atoms with van der Waals surface area (Å²) in [5, 5.41) is 3.78. The number of methoxy groups -OCH3 is 2. The van der Waals surface area contributed by atoms with Crippen LogP contribution in [0.15, 0.2) is 53.8 Å². The van der Waals surface area contributed by atoms with E-state index in [1.54, 1.807) is 36.4 Å². The number of halogens is 2. The van der Waals surface area contributed by atoms with Gasteiger partial charge in [-0.2, -0.15) is 14.5 Å². The lowest BCUT2D eigenvalue weighted by Gasteiger charge is -2.10. The molecule has 1 aromatic heterocycles. The summed E-state index contributed by atoms with van der Waals surface area (Å²) < 4.78 is 29.6. The number of hydrogen-bond acceptors (Lipinski definition) is 7. The SMILES string of the molecule is COc1cc(C=NNC(=O)c2ccccc2OC)ccc1Oc1nc(Cl)ncc1F. The lowest BCUT2D eigenvalue weighted by atomic mass is 10.2. The summed E-state index contributed by atoms with van der Waals surface area (Å²) in [6, 6.07) is 11.5. The van der Waals surface area contributed by atoms with Crippen molar-refractivity contribution in [2.24, 2.45) is 5.10 Å². The molecule has 3 rings (SSSR count). The number of nitrogens with one attached hydrogen (secondary N) is 1. The fourth-order valence-corrected chi connectivity index (χ4v) is 2.54. The standard InChI is InChI=1S/C20H16ClFN4O4/c1-28-15-6-4-3-5-13(15)18(27)26-24-10-12-7-8-16(17(9-12)29-2)30-19-14(22)11-23-20(21)25-19/h3-11H,1-2H3,(H,26,27). The van der Waals surface area contributed by atoms with E-state index in [-0.39, 0.29) is 16.9 Å². The van der Waals surface area contributed by atoms with Crippen LogP contribution in [0.5, 0.6) is 23.1 Å². The first kappa shape index (κ1) is 21.0. The van der Waals surface area contributed by atoms with Crippen LogP contribution in [0.25, 0.3) is 0 Å². The molecule has 0 spiro atoms. The Kier molecular flexibility index (Phi) is 6.76. The lowest BCUT2D eigenvalue weighted by Crippen LogP contribution is -2.18. The smallest absolute Gasteiger partial charge is 0.275 e. The Morgan fingerprint density at radius 2 is 1.90 bits per heavy atom. The molecule has 30 heavy (non-hydrogen) atoms. The maximum Gasteiger partial charge on any atom is 0.275 e. The van der Waals surface area contributed by atoms with Crippen molar-refractivity contribution >= 4 is 23.7 Å². The molecule has 0 unspecified atom stereocenters.